The molecule has 30 heavy (non-hydrogen) atoms. The van der Waals surface area contributed by atoms with Gasteiger partial charge in [0.25, 0.3) is 5.91 Å². The molecule has 1 saturated heterocycles. The van der Waals surface area contributed by atoms with E-state index in [1.807, 2.05) is 0 Å². The van der Waals surface area contributed by atoms with Gasteiger partial charge in [-0.3, -0.25) is 19.6 Å². The predicted octanol–water partition coefficient (Wildman–Crippen LogP) is 0.531. The van der Waals surface area contributed by atoms with E-state index in [0.717, 1.165) is 30.6 Å². The minimum absolute atomic E-state index is 0.137. The lowest BCUT2D eigenvalue weighted by Gasteiger charge is -2.29. The minimum atomic E-state index is -1.39. The van der Waals surface area contributed by atoms with Crippen LogP contribution in [0.2, 0.25) is 0 Å². The molecule has 2 fully saturated rings. The van der Waals surface area contributed by atoms with E-state index in [2.05, 4.69) is 10.1 Å². The Bertz CT molecular complexity index is 841. The third kappa shape index (κ3) is 5.21. The summed E-state index contributed by atoms with van der Waals surface area (Å²) in [7, 11) is 0. The summed E-state index contributed by atoms with van der Waals surface area (Å²) in [6.45, 7) is -0.478. The van der Waals surface area contributed by atoms with Crippen LogP contribution in [0.4, 0.5) is 4.39 Å². The zero-order valence-electron chi connectivity index (χ0n) is 16.5. The van der Waals surface area contributed by atoms with E-state index in [0.29, 0.717) is 16.3 Å². The van der Waals surface area contributed by atoms with Crippen LogP contribution in [-0.4, -0.2) is 73.8 Å². The maximum absolute atomic E-state index is 14.2. The van der Waals surface area contributed by atoms with Crippen molar-refractivity contribution in [3.63, 3.8) is 0 Å². The van der Waals surface area contributed by atoms with Crippen LogP contribution in [-0.2, 0) is 14.4 Å². The summed E-state index contributed by atoms with van der Waals surface area (Å²) in [6.07, 6.45) is 4.41. The first kappa shape index (κ1) is 21.9. The molecule has 2 aliphatic rings. The molecule has 2 heterocycles. The third-order valence-corrected chi connectivity index (χ3v) is 5.73. The zero-order valence-corrected chi connectivity index (χ0v) is 16.5. The molecule has 1 aliphatic carbocycles. The van der Waals surface area contributed by atoms with Crippen LogP contribution in [0.5, 0.6) is 0 Å². The van der Waals surface area contributed by atoms with E-state index < -0.39 is 29.9 Å². The van der Waals surface area contributed by atoms with E-state index >= 15 is 0 Å². The molecule has 1 aromatic heterocycles. The SMILES string of the molecule is O=CN(O)C[C@@H](CC1CCCC1)C(=O)N1C[C@H](F)C[C@H]1C(=O)N=c1cccnn1O. The number of aromatic nitrogens is 2. The highest BCUT2D eigenvalue weighted by Crippen LogP contribution is 2.32. The number of nitrogens with zero attached hydrogens (tertiary/aromatic N) is 5. The molecule has 0 radical (unpaired) electrons. The van der Waals surface area contributed by atoms with Gasteiger partial charge < -0.3 is 10.1 Å². The van der Waals surface area contributed by atoms with Crippen molar-refractivity contribution in [2.45, 2.75) is 50.7 Å². The molecule has 0 aromatic carbocycles. The summed E-state index contributed by atoms with van der Waals surface area (Å²) in [4.78, 5) is 42.1. The highest BCUT2D eigenvalue weighted by molar-refractivity contribution is 5.90. The van der Waals surface area contributed by atoms with E-state index in [1.54, 1.807) is 0 Å². The highest BCUT2D eigenvalue weighted by atomic mass is 19.1. The Morgan fingerprint density at radius 1 is 1.40 bits per heavy atom. The fourth-order valence-corrected chi connectivity index (χ4v) is 4.29. The molecule has 3 rings (SSSR count). The summed E-state index contributed by atoms with van der Waals surface area (Å²) in [5, 5.41) is 23.3. The van der Waals surface area contributed by atoms with Crippen LogP contribution in [0.3, 0.4) is 0 Å². The Labute approximate surface area is 172 Å². The van der Waals surface area contributed by atoms with Crippen molar-refractivity contribution in [3.8, 4) is 0 Å². The minimum Gasteiger partial charge on any atom is -0.410 e. The molecule has 0 spiro atoms. The van der Waals surface area contributed by atoms with Gasteiger partial charge in [-0.1, -0.05) is 30.5 Å². The molecule has 3 atom stereocenters. The number of likely N-dealkylation sites (tertiary alicyclic amines) is 1. The fourth-order valence-electron chi connectivity index (χ4n) is 4.29. The molecule has 0 unspecified atom stereocenters. The number of rotatable bonds is 7. The average molecular weight is 423 g/mol. The molecule has 10 nitrogen and oxygen atoms in total. The van der Waals surface area contributed by atoms with E-state index in [4.69, 9.17) is 0 Å². The topological polar surface area (TPSA) is 128 Å². The van der Waals surface area contributed by atoms with Gasteiger partial charge in [0.1, 0.15) is 12.2 Å². The molecular formula is C19H26FN5O5. The van der Waals surface area contributed by atoms with Crippen LogP contribution >= 0.6 is 0 Å². The van der Waals surface area contributed by atoms with Crippen LogP contribution in [0.15, 0.2) is 23.3 Å². The number of halogens is 1. The Hall–Kier alpha value is -2.82. The van der Waals surface area contributed by atoms with Gasteiger partial charge in [0.05, 0.1) is 25.2 Å². The molecule has 1 aromatic rings. The summed E-state index contributed by atoms with van der Waals surface area (Å²) < 4.78 is 14.2. The van der Waals surface area contributed by atoms with Gasteiger partial charge in [-0.2, -0.15) is 4.99 Å². The quantitative estimate of drug-likeness (QED) is 0.285. The standard InChI is InChI=1S/C19H26FN5O5/c20-15-9-16(18(27)22-17-6-3-7-21-25(17)30)24(11-15)19(28)14(10-23(29)12-26)8-13-4-1-2-5-13/h3,6-7,12-16,29-30H,1-2,4-5,8-11H2/t14-,15-,16+/m1/s1. The number of hydrogen-bond donors (Lipinski definition) is 2. The van der Waals surface area contributed by atoms with Crippen molar-refractivity contribution < 1.29 is 29.2 Å². The van der Waals surface area contributed by atoms with E-state index in [1.165, 1.54) is 18.3 Å². The molecule has 0 bridgehead atoms. The van der Waals surface area contributed by atoms with Gasteiger partial charge in [0.2, 0.25) is 12.3 Å². The van der Waals surface area contributed by atoms with Crippen molar-refractivity contribution in [1.82, 2.24) is 19.9 Å². The number of hydroxylamine groups is 2. The maximum Gasteiger partial charge on any atom is 0.270 e. The summed E-state index contributed by atoms with van der Waals surface area (Å²) in [5.41, 5.74) is -0.137. The van der Waals surface area contributed by atoms with Crippen LogP contribution in [0.25, 0.3) is 0 Å². The molecular weight excluding hydrogens is 397 g/mol. The predicted molar refractivity (Wildman–Crippen MR) is 99.6 cm³/mol. The first-order valence-electron chi connectivity index (χ1n) is 10.1. The lowest BCUT2D eigenvalue weighted by molar-refractivity contribution is -0.158. The first-order valence-corrected chi connectivity index (χ1v) is 10.1. The molecule has 1 aliphatic heterocycles. The van der Waals surface area contributed by atoms with Crippen molar-refractivity contribution in [2.75, 3.05) is 13.1 Å². The first-order chi connectivity index (χ1) is 14.4. The molecule has 2 N–H and O–H groups in total. The normalized spacial score (nSPS) is 23.5. The Morgan fingerprint density at radius 3 is 2.80 bits per heavy atom. The van der Waals surface area contributed by atoms with Gasteiger partial charge in [0.15, 0.2) is 5.49 Å². The largest absolute Gasteiger partial charge is 0.410 e. The van der Waals surface area contributed by atoms with Gasteiger partial charge >= 0.3 is 0 Å². The Balaban J connectivity index is 1.81. The Kier molecular flexibility index (Phi) is 7.14. The lowest BCUT2D eigenvalue weighted by Crippen LogP contribution is -2.46. The summed E-state index contributed by atoms with van der Waals surface area (Å²) in [5.74, 6) is -1.72. The maximum atomic E-state index is 14.2. The van der Waals surface area contributed by atoms with Gasteiger partial charge in [-0.15, -0.1) is 5.10 Å². The number of hydrogen-bond acceptors (Lipinski definition) is 6. The smallest absolute Gasteiger partial charge is 0.270 e. The zero-order chi connectivity index (χ0) is 21.7. The monoisotopic (exact) mass is 423 g/mol. The molecule has 164 valence electrons. The molecule has 11 heteroatoms. The van der Waals surface area contributed by atoms with Crippen molar-refractivity contribution in [3.05, 3.63) is 23.8 Å². The second-order valence-corrected chi connectivity index (χ2v) is 7.87. The van der Waals surface area contributed by atoms with Crippen molar-refractivity contribution in [2.24, 2.45) is 16.8 Å². The second kappa shape index (κ2) is 9.79. The molecule has 3 amide bonds. The fraction of sp³-hybridized carbons (Fsp3) is 0.632. The summed E-state index contributed by atoms with van der Waals surface area (Å²) >= 11 is 0. The van der Waals surface area contributed by atoms with Crippen molar-refractivity contribution >= 4 is 18.2 Å². The van der Waals surface area contributed by atoms with E-state index in [-0.39, 0.29) is 37.3 Å². The van der Waals surface area contributed by atoms with E-state index in [9.17, 15) is 29.2 Å². The van der Waals surface area contributed by atoms with Gasteiger partial charge in [0, 0.05) is 6.42 Å². The second-order valence-electron chi connectivity index (χ2n) is 7.87. The highest BCUT2D eigenvalue weighted by Gasteiger charge is 2.42. The van der Waals surface area contributed by atoms with Crippen molar-refractivity contribution in [1.29, 1.82) is 0 Å². The number of amides is 3. The van der Waals surface area contributed by atoms with Gasteiger partial charge in [-0.25, -0.2) is 9.45 Å². The number of carbonyl (C=O) groups is 3. The summed E-state index contributed by atoms with van der Waals surface area (Å²) in [6, 6.07) is 1.71. The Morgan fingerprint density at radius 2 is 2.13 bits per heavy atom. The molecule has 1 saturated carbocycles. The number of carbonyl (C=O) groups excluding carboxylic acids is 3. The van der Waals surface area contributed by atoms with Gasteiger partial charge in [-0.05, 0) is 24.5 Å². The van der Waals surface area contributed by atoms with Crippen LogP contribution < -0.4 is 5.49 Å². The third-order valence-electron chi connectivity index (χ3n) is 5.73. The van der Waals surface area contributed by atoms with Crippen LogP contribution in [0.1, 0.15) is 38.5 Å². The lowest BCUT2D eigenvalue weighted by atomic mass is 9.91. The van der Waals surface area contributed by atoms with Crippen LogP contribution in [0, 0.1) is 11.8 Å². The number of alkyl halides is 1. The average Bonchev–Trinajstić information content (AvgIpc) is 3.38.